The first-order chi connectivity index (χ1) is 8.56. The first kappa shape index (κ1) is 13.9. The van der Waals surface area contributed by atoms with Crippen LogP contribution >= 0.6 is 15.9 Å². The number of hydrogen-bond donors (Lipinski definition) is 1. The van der Waals surface area contributed by atoms with Crippen LogP contribution in [-0.4, -0.2) is 6.54 Å². The van der Waals surface area contributed by atoms with E-state index in [1.54, 1.807) is 0 Å². The lowest BCUT2D eigenvalue weighted by Gasteiger charge is -2.26. The standard InChI is InChI=1S/C14H18BrF2N/c1-3-18-14(8(2)9-4-5-9)12-11(16)7-6-10(15)13(12)17/h6-9,14,18H,3-5H2,1-2H3. The van der Waals surface area contributed by atoms with E-state index in [9.17, 15) is 8.78 Å². The zero-order valence-corrected chi connectivity index (χ0v) is 12.2. The molecule has 0 amide bonds. The van der Waals surface area contributed by atoms with Crippen molar-refractivity contribution >= 4 is 15.9 Å². The second kappa shape index (κ2) is 5.66. The fourth-order valence-corrected chi connectivity index (χ4v) is 2.84. The first-order valence-electron chi connectivity index (χ1n) is 6.43. The number of rotatable bonds is 5. The molecule has 4 heteroatoms. The van der Waals surface area contributed by atoms with Crippen LogP contribution in [0, 0.1) is 23.5 Å². The van der Waals surface area contributed by atoms with Gasteiger partial charge < -0.3 is 5.32 Å². The van der Waals surface area contributed by atoms with Gasteiger partial charge in [0.25, 0.3) is 0 Å². The molecule has 1 aromatic carbocycles. The third-order valence-corrected chi connectivity index (χ3v) is 4.32. The van der Waals surface area contributed by atoms with Gasteiger partial charge in [-0.1, -0.05) is 13.8 Å². The van der Waals surface area contributed by atoms with E-state index in [0.717, 1.165) is 0 Å². The second-order valence-corrected chi connectivity index (χ2v) is 5.84. The molecule has 2 atom stereocenters. The van der Waals surface area contributed by atoms with Crippen LogP contribution in [0.15, 0.2) is 16.6 Å². The Morgan fingerprint density at radius 1 is 1.39 bits per heavy atom. The Labute approximate surface area is 115 Å². The van der Waals surface area contributed by atoms with E-state index in [-0.39, 0.29) is 17.5 Å². The number of halogens is 3. The van der Waals surface area contributed by atoms with E-state index in [1.165, 1.54) is 25.0 Å². The molecule has 1 nitrogen and oxygen atoms in total. The molecule has 0 aliphatic heterocycles. The molecular weight excluding hydrogens is 300 g/mol. The van der Waals surface area contributed by atoms with Crippen molar-refractivity contribution in [2.75, 3.05) is 6.54 Å². The van der Waals surface area contributed by atoms with Crippen LogP contribution in [-0.2, 0) is 0 Å². The van der Waals surface area contributed by atoms with Gasteiger partial charge in [-0.2, -0.15) is 0 Å². The molecule has 0 spiro atoms. The predicted octanol–water partition coefficient (Wildman–Crippen LogP) is 4.42. The molecule has 1 aliphatic carbocycles. The summed E-state index contributed by atoms with van der Waals surface area (Å²) in [5, 5.41) is 3.23. The molecule has 1 N–H and O–H groups in total. The van der Waals surface area contributed by atoms with Gasteiger partial charge in [0.05, 0.1) is 4.47 Å². The summed E-state index contributed by atoms with van der Waals surface area (Å²) in [7, 11) is 0. The van der Waals surface area contributed by atoms with Gasteiger partial charge in [-0.15, -0.1) is 0 Å². The molecule has 100 valence electrons. The summed E-state index contributed by atoms with van der Waals surface area (Å²) < 4.78 is 28.4. The summed E-state index contributed by atoms with van der Waals surface area (Å²) in [5.74, 6) is -0.0994. The number of benzene rings is 1. The molecular formula is C14H18BrF2N. The summed E-state index contributed by atoms with van der Waals surface area (Å²) >= 11 is 3.13. The lowest BCUT2D eigenvalue weighted by molar-refractivity contribution is 0.334. The normalized spacial score (nSPS) is 18.7. The highest BCUT2D eigenvalue weighted by Gasteiger charge is 2.36. The summed E-state index contributed by atoms with van der Waals surface area (Å²) in [5.41, 5.74) is 0.172. The van der Waals surface area contributed by atoms with Crippen LogP contribution < -0.4 is 5.32 Å². The minimum atomic E-state index is -0.478. The Morgan fingerprint density at radius 2 is 2.06 bits per heavy atom. The van der Waals surface area contributed by atoms with Crippen molar-refractivity contribution in [3.8, 4) is 0 Å². The van der Waals surface area contributed by atoms with E-state index < -0.39 is 11.6 Å². The second-order valence-electron chi connectivity index (χ2n) is 4.99. The van der Waals surface area contributed by atoms with Crippen molar-refractivity contribution in [2.24, 2.45) is 11.8 Å². The lowest BCUT2D eigenvalue weighted by atomic mass is 9.90. The van der Waals surface area contributed by atoms with Crippen molar-refractivity contribution in [1.29, 1.82) is 0 Å². The highest BCUT2D eigenvalue weighted by atomic mass is 79.9. The van der Waals surface area contributed by atoms with Gasteiger partial charge in [0.2, 0.25) is 0 Å². The van der Waals surface area contributed by atoms with Crippen LogP contribution in [0.3, 0.4) is 0 Å². The lowest BCUT2D eigenvalue weighted by Crippen LogP contribution is -2.29. The molecule has 1 aromatic rings. The Hall–Kier alpha value is -0.480. The van der Waals surface area contributed by atoms with Crippen molar-refractivity contribution in [2.45, 2.75) is 32.7 Å². The quantitative estimate of drug-likeness (QED) is 0.792. The van der Waals surface area contributed by atoms with Crippen molar-refractivity contribution < 1.29 is 8.78 Å². The zero-order valence-electron chi connectivity index (χ0n) is 10.6. The van der Waals surface area contributed by atoms with Gasteiger partial charge in [0, 0.05) is 11.6 Å². The van der Waals surface area contributed by atoms with Crippen LogP contribution in [0.25, 0.3) is 0 Å². The molecule has 0 saturated heterocycles. The third kappa shape index (κ3) is 2.75. The number of nitrogens with one attached hydrogen (secondary N) is 1. The molecule has 2 rings (SSSR count). The minimum Gasteiger partial charge on any atom is -0.310 e. The number of hydrogen-bond acceptors (Lipinski definition) is 1. The Morgan fingerprint density at radius 3 is 2.61 bits per heavy atom. The highest BCUT2D eigenvalue weighted by molar-refractivity contribution is 9.10. The average molecular weight is 318 g/mol. The molecule has 0 aromatic heterocycles. The summed E-state index contributed by atoms with van der Waals surface area (Å²) in [4.78, 5) is 0. The molecule has 0 radical (unpaired) electrons. The Kier molecular flexibility index (Phi) is 4.38. The molecule has 1 aliphatic rings. The fourth-order valence-electron chi connectivity index (χ4n) is 2.49. The molecule has 1 saturated carbocycles. The SMILES string of the molecule is CCNC(c1c(F)ccc(Br)c1F)C(C)C1CC1. The minimum absolute atomic E-state index is 0.172. The van der Waals surface area contributed by atoms with E-state index in [0.29, 0.717) is 16.9 Å². The summed E-state index contributed by atoms with van der Waals surface area (Å²) in [6, 6.07) is 2.49. The molecule has 18 heavy (non-hydrogen) atoms. The van der Waals surface area contributed by atoms with Crippen LogP contribution in [0.5, 0.6) is 0 Å². The van der Waals surface area contributed by atoms with Crippen molar-refractivity contribution in [1.82, 2.24) is 5.32 Å². The zero-order chi connectivity index (χ0) is 13.3. The average Bonchev–Trinajstić information content (AvgIpc) is 3.16. The maximum atomic E-state index is 14.2. The molecule has 0 heterocycles. The van der Waals surface area contributed by atoms with Gasteiger partial charge in [-0.3, -0.25) is 0 Å². The maximum Gasteiger partial charge on any atom is 0.145 e. The van der Waals surface area contributed by atoms with Crippen LogP contribution in [0.2, 0.25) is 0 Å². The van der Waals surface area contributed by atoms with E-state index in [2.05, 4.69) is 28.2 Å². The Balaban J connectivity index is 2.37. The Bertz CT molecular complexity index is 432. The maximum absolute atomic E-state index is 14.2. The van der Waals surface area contributed by atoms with E-state index >= 15 is 0 Å². The molecule has 0 bridgehead atoms. The van der Waals surface area contributed by atoms with Crippen molar-refractivity contribution in [3.63, 3.8) is 0 Å². The fraction of sp³-hybridized carbons (Fsp3) is 0.571. The largest absolute Gasteiger partial charge is 0.310 e. The van der Waals surface area contributed by atoms with Gasteiger partial charge in [-0.25, -0.2) is 8.78 Å². The van der Waals surface area contributed by atoms with E-state index in [1.807, 2.05) is 6.92 Å². The van der Waals surface area contributed by atoms with Gasteiger partial charge in [-0.05, 0) is 59.3 Å². The van der Waals surface area contributed by atoms with E-state index in [4.69, 9.17) is 0 Å². The van der Waals surface area contributed by atoms with Crippen LogP contribution in [0.4, 0.5) is 8.78 Å². The third-order valence-electron chi connectivity index (χ3n) is 3.71. The summed E-state index contributed by atoms with van der Waals surface area (Å²) in [6.07, 6.45) is 2.33. The van der Waals surface area contributed by atoms with Crippen LogP contribution in [0.1, 0.15) is 38.3 Å². The van der Waals surface area contributed by atoms with Gasteiger partial charge in [0.15, 0.2) is 0 Å². The smallest absolute Gasteiger partial charge is 0.145 e. The predicted molar refractivity (Wildman–Crippen MR) is 72.4 cm³/mol. The molecule has 2 unspecified atom stereocenters. The molecule has 1 fully saturated rings. The van der Waals surface area contributed by atoms with Gasteiger partial charge >= 0.3 is 0 Å². The van der Waals surface area contributed by atoms with Gasteiger partial charge in [0.1, 0.15) is 11.6 Å². The first-order valence-corrected chi connectivity index (χ1v) is 7.22. The van der Waals surface area contributed by atoms with Crippen molar-refractivity contribution in [3.05, 3.63) is 33.8 Å². The monoisotopic (exact) mass is 317 g/mol. The topological polar surface area (TPSA) is 12.0 Å². The summed E-state index contributed by atoms with van der Waals surface area (Å²) in [6.45, 7) is 4.73. The highest BCUT2D eigenvalue weighted by Crippen LogP contribution is 2.44.